The third-order valence-electron chi connectivity index (χ3n) is 2.68. The van der Waals surface area contributed by atoms with E-state index in [2.05, 4.69) is 20.3 Å². The number of H-pyrrole nitrogens is 1. The number of aryl methyl sites for hydroxylation is 1. The van der Waals surface area contributed by atoms with E-state index in [1.165, 1.54) is 6.07 Å². The Bertz CT molecular complexity index is 615. The van der Waals surface area contributed by atoms with Crippen LogP contribution < -0.4 is 10.9 Å². The third-order valence-corrected chi connectivity index (χ3v) is 2.68. The topological polar surface area (TPSA) is 83.8 Å². The maximum Gasteiger partial charge on any atom is 0.252 e. The van der Waals surface area contributed by atoms with Crippen LogP contribution >= 0.6 is 0 Å². The first kappa shape index (κ1) is 13.3. The first-order chi connectivity index (χ1) is 8.95. The maximum atomic E-state index is 11.6. The average Bonchev–Trinajstić information content (AvgIpc) is 2.75. The lowest BCUT2D eigenvalue weighted by molar-refractivity contribution is 0.453. The number of aromatic amines is 1. The van der Waals surface area contributed by atoms with E-state index in [-0.39, 0.29) is 17.5 Å². The van der Waals surface area contributed by atoms with Crippen LogP contribution in [0.2, 0.25) is 0 Å². The molecule has 2 rings (SSSR count). The molecule has 2 N–H and O–H groups in total. The van der Waals surface area contributed by atoms with E-state index in [1.807, 2.05) is 27.7 Å². The third kappa shape index (κ3) is 3.21. The molecule has 2 heterocycles. The zero-order valence-electron chi connectivity index (χ0n) is 11.5. The molecule has 0 aliphatic heterocycles. The number of anilines is 1. The fourth-order valence-corrected chi connectivity index (χ4v) is 1.68. The average molecular weight is 262 g/mol. The molecule has 6 heteroatoms. The second kappa shape index (κ2) is 5.26. The molecule has 102 valence electrons. The van der Waals surface area contributed by atoms with Crippen LogP contribution in [0.5, 0.6) is 0 Å². The van der Waals surface area contributed by atoms with Crippen molar-refractivity contribution in [2.75, 3.05) is 5.32 Å². The van der Waals surface area contributed by atoms with E-state index in [9.17, 15) is 4.79 Å². The molecule has 0 saturated heterocycles. The number of rotatable bonds is 4. The summed E-state index contributed by atoms with van der Waals surface area (Å²) in [6.07, 6.45) is 1.66. The lowest BCUT2D eigenvalue weighted by Gasteiger charge is -2.12. The number of aromatic nitrogens is 3. The predicted molar refractivity (Wildman–Crippen MR) is 72.2 cm³/mol. The summed E-state index contributed by atoms with van der Waals surface area (Å²) in [4.78, 5) is 22.8. The summed E-state index contributed by atoms with van der Waals surface area (Å²) >= 11 is 0. The highest BCUT2D eigenvalue weighted by Crippen LogP contribution is 2.17. The maximum absolute atomic E-state index is 11.6. The summed E-state index contributed by atoms with van der Waals surface area (Å²) in [7, 11) is 0. The molecule has 0 amide bonds. The van der Waals surface area contributed by atoms with Crippen molar-refractivity contribution in [3.8, 4) is 0 Å². The highest BCUT2D eigenvalue weighted by molar-refractivity contribution is 5.35. The van der Waals surface area contributed by atoms with Gasteiger partial charge >= 0.3 is 0 Å². The fourth-order valence-electron chi connectivity index (χ4n) is 1.68. The first-order valence-corrected chi connectivity index (χ1v) is 6.26. The Hall–Kier alpha value is -2.11. The molecule has 0 aliphatic carbocycles. The molecule has 1 atom stereocenters. The largest absolute Gasteiger partial charge is 0.444 e. The Labute approximate surface area is 111 Å². The Kier molecular flexibility index (Phi) is 3.69. The molecule has 2 aromatic rings. The van der Waals surface area contributed by atoms with Crippen molar-refractivity contribution in [1.29, 1.82) is 0 Å². The molecule has 0 aromatic carbocycles. The Morgan fingerprint density at radius 1 is 1.37 bits per heavy atom. The van der Waals surface area contributed by atoms with Gasteiger partial charge in [0.05, 0.1) is 6.20 Å². The van der Waals surface area contributed by atoms with Crippen LogP contribution in [-0.2, 0) is 0 Å². The van der Waals surface area contributed by atoms with Crippen LogP contribution in [0.4, 0.5) is 5.82 Å². The Morgan fingerprint density at radius 2 is 2.11 bits per heavy atom. The number of hydrogen-bond acceptors (Lipinski definition) is 5. The summed E-state index contributed by atoms with van der Waals surface area (Å²) in [6, 6.07) is 1.28. The predicted octanol–water partition coefficient (Wildman–Crippen LogP) is 2.36. The Balaban J connectivity index is 2.21. The number of hydrogen-bond donors (Lipinski definition) is 2. The lowest BCUT2D eigenvalue weighted by atomic mass is 10.2. The summed E-state index contributed by atoms with van der Waals surface area (Å²) in [6.45, 7) is 7.70. The van der Waals surface area contributed by atoms with Gasteiger partial charge in [0, 0.05) is 12.0 Å². The van der Waals surface area contributed by atoms with E-state index >= 15 is 0 Å². The van der Waals surface area contributed by atoms with Crippen molar-refractivity contribution in [3.63, 3.8) is 0 Å². The molecule has 1 unspecified atom stereocenters. The van der Waals surface area contributed by atoms with E-state index in [4.69, 9.17) is 4.42 Å². The second-order valence-corrected chi connectivity index (χ2v) is 4.85. The molecule has 0 saturated carbocycles. The molecule has 0 fully saturated rings. The van der Waals surface area contributed by atoms with Crippen LogP contribution in [0.1, 0.15) is 50.2 Å². The van der Waals surface area contributed by atoms with Gasteiger partial charge in [0.15, 0.2) is 0 Å². The van der Waals surface area contributed by atoms with Gasteiger partial charge in [-0.05, 0) is 13.8 Å². The molecule has 0 spiro atoms. The second-order valence-electron chi connectivity index (χ2n) is 4.85. The summed E-state index contributed by atoms with van der Waals surface area (Å²) < 4.78 is 5.44. The molecule has 6 nitrogen and oxygen atoms in total. The molecule has 0 radical (unpaired) electrons. The van der Waals surface area contributed by atoms with Crippen molar-refractivity contribution in [2.45, 2.75) is 39.7 Å². The van der Waals surface area contributed by atoms with E-state index < -0.39 is 0 Å². The Morgan fingerprint density at radius 3 is 2.68 bits per heavy atom. The van der Waals surface area contributed by atoms with Crippen molar-refractivity contribution in [1.82, 2.24) is 15.0 Å². The normalized spacial score (nSPS) is 12.7. The van der Waals surface area contributed by atoms with Gasteiger partial charge in [-0.2, -0.15) is 0 Å². The SMILES string of the molecule is Cc1cnc(C(C)Nc2cc(=O)[nH]c(C(C)C)n2)o1. The monoisotopic (exact) mass is 262 g/mol. The molecule has 2 aromatic heterocycles. The summed E-state index contributed by atoms with van der Waals surface area (Å²) in [5.41, 5.74) is -0.169. The van der Waals surface area contributed by atoms with Crippen LogP contribution in [0.15, 0.2) is 21.5 Å². The van der Waals surface area contributed by atoms with Crippen molar-refractivity contribution >= 4 is 5.82 Å². The minimum atomic E-state index is -0.169. The van der Waals surface area contributed by atoms with E-state index in [1.54, 1.807) is 6.20 Å². The van der Waals surface area contributed by atoms with Crippen molar-refractivity contribution < 1.29 is 4.42 Å². The van der Waals surface area contributed by atoms with Crippen molar-refractivity contribution in [3.05, 3.63) is 40.1 Å². The van der Waals surface area contributed by atoms with E-state index in [0.29, 0.717) is 17.5 Å². The van der Waals surface area contributed by atoms with Gasteiger partial charge in [-0.3, -0.25) is 4.79 Å². The van der Waals surface area contributed by atoms with Crippen LogP contribution in [0.3, 0.4) is 0 Å². The number of oxazole rings is 1. The quantitative estimate of drug-likeness (QED) is 0.883. The smallest absolute Gasteiger partial charge is 0.252 e. The van der Waals surface area contributed by atoms with Gasteiger partial charge in [0.2, 0.25) is 5.89 Å². The van der Waals surface area contributed by atoms with Gasteiger partial charge in [0.1, 0.15) is 23.4 Å². The van der Waals surface area contributed by atoms with Gasteiger partial charge in [-0.15, -0.1) is 0 Å². The van der Waals surface area contributed by atoms with E-state index in [0.717, 1.165) is 5.76 Å². The number of nitrogens with one attached hydrogen (secondary N) is 2. The standard InChI is InChI=1S/C13H18N4O2/c1-7(2)12-16-10(5-11(18)17-12)15-9(4)13-14-6-8(3)19-13/h5-7,9H,1-4H3,(H2,15,16,17,18). The zero-order chi connectivity index (χ0) is 14.0. The van der Waals surface area contributed by atoms with Crippen molar-refractivity contribution in [2.24, 2.45) is 0 Å². The van der Waals surface area contributed by atoms with Crippen LogP contribution in [-0.4, -0.2) is 15.0 Å². The zero-order valence-corrected chi connectivity index (χ0v) is 11.5. The lowest BCUT2D eigenvalue weighted by Crippen LogP contribution is -2.16. The van der Waals surface area contributed by atoms with Crippen LogP contribution in [0.25, 0.3) is 0 Å². The summed E-state index contributed by atoms with van der Waals surface area (Å²) in [5.74, 6) is 2.67. The number of nitrogens with zero attached hydrogens (tertiary/aromatic N) is 2. The van der Waals surface area contributed by atoms with Gasteiger partial charge in [-0.25, -0.2) is 9.97 Å². The minimum absolute atomic E-state index is 0.150. The highest BCUT2D eigenvalue weighted by Gasteiger charge is 2.13. The molecular formula is C13H18N4O2. The fraction of sp³-hybridized carbons (Fsp3) is 0.462. The van der Waals surface area contributed by atoms with Gasteiger partial charge < -0.3 is 14.7 Å². The van der Waals surface area contributed by atoms with Gasteiger partial charge in [-0.1, -0.05) is 13.8 Å². The molecule has 0 aliphatic rings. The van der Waals surface area contributed by atoms with Crippen LogP contribution in [0, 0.1) is 6.92 Å². The molecular weight excluding hydrogens is 244 g/mol. The highest BCUT2D eigenvalue weighted by atomic mass is 16.4. The summed E-state index contributed by atoms with van der Waals surface area (Å²) in [5, 5.41) is 3.12. The molecule has 0 bridgehead atoms. The molecule has 19 heavy (non-hydrogen) atoms. The minimum Gasteiger partial charge on any atom is -0.444 e. The van der Waals surface area contributed by atoms with Gasteiger partial charge in [0.25, 0.3) is 5.56 Å². The first-order valence-electron chi connectivity index (χ1n) is 6.26.